The maximum atomic E-state index is 13.2. The third kappa shape index (κ3) is 4.91. The van der Waals surface area contributed by atoms with E-state index in [-0.39, 0.29) is 24.0 Å². The van der Waals surface area contributed by atoms with Crippen molar-refractivity contribution in [1.82, 2.24) is 5.32 Å². The Hall–Kier alpha value is -2.82. The van der Waals surface area contributed by atoms with Crippen LogP contribution in [0.5, 0.6) is 0 Å². The Balaban J connectivity index is 1.74. The predicted octanol–water partition coefficient (Wildman–Crippen LogP) is 4.19. The molecule has 2 aromatic rings. The summed E-state index contributed by atoms with van der Waals surface area (Å²) < 4.78 is 13.2. The van der Waals surface area contributed by atoms with E-state index in [0.717, 1.165) is 11.8 Å². The Kier molecular flexibility index (Phi) is 6.34. The van der Waals surface area contributed by atoms with E-state index in [1.165, 1.54) is 12.1 Å². The Labute approximate surface area is 170 Å². The van der Waals surface area contributed by atoms with Gasteiger partial charge in [0.1, 0.15) is 5.82 Å². The number of carbonyl (C=O) groups is 2. The zero-order chi connectivity index (χ0) is 20.1. The Morgan fingerprint density at radius 2 is 2.07 bits per heavy atom. The molecule has 3 rings (SSSR count). The minimum atomic E-state index is -0.474. The monoisotopic (exact) mass is 415 g/mol. The fourth-order valence-electron chi connectivity index (χ4n) is 2.81. The summed E-state index contributed by atoms with van der Waals surface area (Å²) in [6.45, 7) is 0. The summed E-state index contributed by atoms with van der Waals surface area (Å²) in [5, 5.41) is 15.8. The van der Waals surface area contributed by atoms with E-state index in [9.17, 15) is 19.2 Å². The van der Waals surface area contributed by atoms with Gasteiger partial charge in [-0.1, -0.05) is 41.6 Å². The molecule has 0 radical (unpaired) electrons. The molecule has 0 spiro atoms. The highest BCUT2D eigenvalue weighted by atomic mass is 35.5. The topological polar surface area (TPSA) is 82.0 Å². The van der Waals surface area contributed by atoms with Crippen LogP contribution in [0.15, 0.2) is 59.1 Å². The first-order valence-electron chi connectivity index (χ1n) is 8.34. The van der Waals surface area contributed by atoms with Gasteiger partial charge in [-0.15, -0.1) is 0 Å². The van der Waals surface area contributed by atoms with Crippen molar-refractivity contribution in [1.29, 1.82) is 5.26 Å². The number of thioether (sulfide) groups is 1. The molecule has 142 valence electrons. The molecule has 0 saturated carbocycles. The molecule has 5 nitrogen and oxygen atoms in total. The lowest BCUT2D eigenvalue weighted by atomic mass is 9.87. The second-order valence-corrected chi connectivity index (χ2v) is 7.48. The molecule has 1 aliphatic rings. The minimum Gasteiger partial charge on any atom is -0.325 e. The number of rotatable bonds is 5. The fourth-order valence-corrected chi connectivity index (χ4v) is 3.88. The first-order valence-corrected chi connectivity index (χ1v) is 9.70. The number of halogens is 2. The molecule has 0 bridgehead atoms. The van der Waals surface area contributed by atoms with E-state index in [1.54, 1.807) is 36.4 Å². The van der Waals surface area contributed by atoms with Gasteiger partial charge >= 0.3 is 0 Å². The van der Waals surface area contributed by atoms with E-state index < -0.39 is 11.7 Å². The number of benzene rings is 2. The lowest BCUT2D eigenvalue weighted by molar-refractivity contribution is -0.121. The highest BCUT2D eigenvalue weighted by molar-refractivity contribution is 8.03. The molecule has 2 amide bonds. The predicted molar refractivity (Wildman–Crippen MR) is 107 cm³/mol. The number of hydrogen-bond donors (Lipinski definition) is 2. The van der Waals surface area contributed by atoms with Gasteiger partial charge in [-0.3, -0.25) is 9.59 Å². The number of nitriles is 1. The minimum absolute atomic E-state index is 0.00342. The molecular weight excluding hydrogens is 401 g/mol. The van der Waals surface area contributed by atoms with E-state index >= 15 is 0 Å². The van der Waals surface area contributed by atoms with Crippen LogP contribution in [0.2, 0.25) is 5.02 Å². The van der Waals surface area contributed by atoms with Crippen LogP contribution in [0.3, 0.4) is 0 Å². The summed E-state index contributed by atoms with van der Waals surface area (Å²) in [5.41, 5.74) is 1.59. The van der Waals surface area contributed by atoms with Crippen molar-refractivity contribution in [3.8, 4) is 6.07 Å². The molecule has 0 saturated heterocycles. The van der Waals surface area contributed by atoms with E-state index in [2.05, 4.69) is 16.7 Å². The van der Waals surface area contributed by atoms with Crippen LogP contribution < -0.4 is 10.6 Å². The number of nitrogens with one attached hydrogen (secondary N) is 2. The Morgan fingerprint density at radius 1 is 1.32 bits per heavy atom. The number of anilines is 1. The van der Waals surface area contributed by atoms with Crippen LogP contribution in [0.4, 0.5) is 10.1 Å². The number of nitrogens with zero attached hydrogens (tertiary/aromatic N) is 1. The van der Waals surface area contributed by atoms with Crippen LogP contribution in [0, 0.1) is 17.1 Å². The molecule has 2 aromatic carbocycles. The molecule has 28 heavy (non-hydrogen) atoms. The average molecular weight is 416 g/mol. The summed E-state index contributed by atoms with van der Waals surface area (Å²) >= 11 is 6.97. The molecule has 1 aliphatic heterocycles. The second kappa shape index (κ2) is 8.91. The lowest BCUT2D eigenvalue weighted by Gasteiger charge is -2.25. The molecule has 0 unspecified atom stereocenters. The van der Waals surface area contributed by atoms with Crippen LogP contribution in [-0.4, -0.2) is 17.6 Å². The van der Waals surface area contributed by atoms with Crippen molar-refractivity contribution in [3.63, 3.8) is 0 Å². The number of hydrogen-bond acceptors (Lipinski definition) is 4. The van der Waals surface area contributed by atoms with E-state index in [1.807, 2.05) is 0 Å². The summed E-state index contributed by atoms with van der Waals surface area (Å²) in [4.78, 5) is 24.3. The molecular formula is C20H15ClFN3O2S. The van der Waals surface area contributed by atoms with Crippen molar-refractivity contribution in [2.75, 3.05) is 11.1 Å². The van der Waals surface area contributed by atoms with Crippen molar-refractivity contribution in [3.05, 3.63) is 75.5 Å². The molecule has 0 aliphatic carbocycles. The Bertz CT molecular complexity index is 986. The molecule has 1 atom stereocenters. The van der Waals surface area contributed by atoms with Crippen molar-refractivity contribution < 1.29 is 14.0 Å². The standard InChI is InChI=1S/C20H15ClFN3O2S/c21-13-2-1-3-15(8-13)24-19(27)11-28-20-17(10-23)16(9-18(26)25-20)12-4-6-14(22)7-5-12/h1-8,16H,9,11H2,(H,24,27)(H,25,26)/t16-/m1/s1. The van der Waals surface area contributed by atoms with Gasteiger partial charge in [0, 0.05) is 23.0 Å². The maximum Gasteiger partial charge on any atom is 0.234 e. The van der Waals surface area contributed by atoms with Gasteiger partial charge in [-0.05, 0) is 35.9 Å². The number of allylic oxidation sites excluding steroid dienone is 1. The summed E-state index contributed by atoms with van der Waals surface area (Å²) in [6, 6.07) is 14.6. The van der Waals surface area contributed by atoms with Gasteiger partial charge in [0.15, 0.2) is 0 Å². The van der Waals surface area contributed by atoms with Crippen LogP contribution >= 0.6 is 23.4 Å². The third-order valence-electron chi connectivity index (χ3n) is 4.08. The smallest absolute Gasteiger partial charge is 0.234 e. The zero-order valence-corrected chi connectivity index (χ0v) is 16.1. The maximum absolute atomic E-state index is 13.2. The first-order chi connectivity index (χ1) is 13.5. The van der Waals surface area contributed by atoms with Gasteiger partial charge < -0.3 is 10.6 Å². The van der Waals surface area contributed by atoms with Crippen molar-refractivity contribution in [2.45, 2.75) is 12.3 Å². The van der Waals surface area contributed by atoms with Gasteiger partial charge in [0.25, 0.3) is 0 Å². The zero-order valence-electron chi connectivity index (χ0n) is 14.5. The number of amides is 2. The van der Waals surface area contributed by atoms with E-state index in [4.69, 9.17) is 11.6 Å². The highest BCUT2D eigenvalue weighted by Gasteiger charge is 2.29. The van der Waals surface area contributed by atoms with Crippen LogP contribution in [0.1, 0.15) is 17.9 Å². The second-order valence-electron chi connectivity index (χ2n) is 6.06. The largest absolute Gasteiger partial charge is 0.325 e. The molecule has 0 fully saturated rings. The van der Waals surface area contributed by atoms with Crippen molar-refractivity contribution in [2.24, 2.45) is 0 Å². The normalized spacial score (nSPS) is 16.3. The average Bonchev–Trinajstić information content (AvgIpc) is 2.66. The molecule has 2 N–H and O–H groups in total. The molecule has 1 heterocycles. The van der Waals surface area contributed by atoms with Gasteiger partial charge in [0.2, 0.25) is 11.8 Å². The first kappa shape index (κ1) is 19.9. The summed E-state index contributed by atoms with van der Waals surface area (Å²) in [5.74, 6) is -1.42. The summed E-state index contributed by atoms with van der Waals surface area (Å²) in [7, 11) is 0. The van der Waals surface area contributed by atoms with Crippen LogP contribution in [0.25, 0.3) is 0 Å². The summed E-state index contributed by atoms with van der Waals surface area (Å²) in [6.07, 6.45) is 0.0906. The number of carbonyl (C=O) groups excluding carboxylic acids is 2. The van der Waals surface area contributed by atoms with Crippen LogP contribution in [-0.2, 0) is 9.59 Å². The van der Waals surface area contributed by atoms with Gasteiger partial charge in [0.05, 0.1) is 22.4 Å². The molecule has 8 heteroatoms. The Morgan fingerprint density at radius 3 is 2.75 bits per heavy atom. The fraction of sp³-hybridized carbons (Fsp3) is 0.150. The third-order valence-corrected chi connectivity index (χ3v) is 5.34. The van der Waals surface area contributed by atoms with Crippen molar-refractivity contribution >= 4 is 40.9 Å². The van der Waals surface area contributed by atoms with Gasteiger partial charge in [-0.25, -0.2) is 4.39 Å². The molecule has 0 aromatic heterocycles. The van der Waals surface area contributed by atoms with Gasteiger partial charge in [-0.2, -0.15) is 5.26 Å². The lowest BCUT2D eigenvalue weighted by Crippen LogP contribution is -2.31. The highest BCUT2D eigenvalue weighted by Crippen LogP contribution is 2.36. The SMILES string of the molecule is N#CC1=C(SCC(=O)Nc2cccc(Cl)c2)NC(=O)C[C@@H]1c1ccc(F)cc1. The quantitative estimate of drug-likeness (QED) is 0.767. The van der Waals surface area contributed by atoms with E-state index in [0.29, 0.717) is 26.9 Å².